The van der Waals surface area contributed by atoms with Crippen LogP contribution < -0.4 is 21.4 Å². The van der Waals surface area contributed by atoms with Crippen molar-refractivity contribution in [2.45, 2.75) is 26.8 Å². The standard InChI is InChI=1S/C17H23ClN6O/c1-5-7-21-17-16(18)23-14(10-24(17)19)12-8-13(11(3)20-6-2)22-9-15(12)25-4/h5,7-11,20H,6,19H2,1-4H3/b7-5+,21-17-/t11-/m1/s1. The molecule has 0 aliphatic rings. The molecule has 8 heteroatoms. The van der Waals surface area contributed by atoms with Crippen molar-refractivity contribution in [2.75, 3.05) is 19.5 Å². The van der Waals surface area contributed by atoms with E-state index in [1.807, 2.05) is 26.8 Å². The number of hydrogen-bond donors (Lipinski definition) is 2. The summed E-state index contributed by atoms with van der Waals surface area (Å²) in [5.74, 6) is 6.63. The minimum absolute atomic E-state index is 0.0964. The average molecular weight is 363 g/mol. The van der Waals surface area contributed by atoms with Crippen LogP contribution in [0.5, 0.6) is 5.75 Å². The van der Waals surface area contributed by atoms with Gasteiger partial charge in [-0.2, -0.15) is 0 Å². The second-order valence-electron chi connectivity index (χ2n) is 5.35. The highest BCUT2D eigenvalue weighted by molar-refractivity contribution is 6.29. The average Bonchev–Trinajstić information content (AvgIpc) is 2.60. The van der Waals surface area contributed by atoms with Crippen LogP contribution >= 0.6 is 11.6 Å². The van der Waals surface area contributed by atoms with Gasteiger partial charge in [0.1, 0.15) is 5.75 Å². The first kappa shape index (κ1) is 19.0. The first-order valence-electron chi connectivity index (χ1n) is 7.98. The van der Waals surface area contributed by atoms with Gasteiger partial charge in [0, 0.05) is 17.8 Å². The summed E-state index contributed by atoms with van der Waals surface area (Å²) in [5.41, 5.74) is 2.59. The zero-order valence-corrected chi connectivity index (χ0v) is 15.6. The number of pyridine rings is 1. The molecule has 1 atom stereocenters. The van der Waals surface area contributed by atoms with Crippen LogP contribution in [-0.2, 0) is 0 Å². The number of aromatic nitrogens is 3. The number of methoxy groups -OCH3 is 1. The molecule has 0 aliphatic carbocycles. The summed E-state index contributed by atoms with van der Waals surface area (Å²) in [7, 11) is 1.59. The van der Waals surface area contributed by atoms with Gasteiger partial charge in [-0.05, 0) is 26.5 Å². The third-order valence-electron chi connectivity index (χ3n) is 3.59. The number of ether oxygens (including phenoxy) is 1. The lowest BCUT2D eigenvalue weighted by Crippen LogP contribution is -2.29. The Labute approximate surface area is 152 Å². The van der Waals surface area contributed by atoms with Crippen molar-refractivity contribution >= 4 is 11.6 Å². The molecule has 0 bridgehead atoms. The van der Waals surface area contributed by atoms with Crippen LogP contribution in [0.1, 0.15) is 32.5 Å². The van der Waals surface area contributed by atoms with Crippen LogP contribution in [0.25, 0.3) is 11.3 Å². The number of nitrogens with zero attached hydrogens (tertiary/aromatic N) is 4. The largest absolute Gasteiger partial charge is 0.494 e. The molecule has 0 spiro atoms. The second-order valence-corrected chi connectivity index (χ2v) is 5.71. The monoisotopic (exact) mass is 362 g/mol. The van der Waals surface area contributed by atoms with E-state index in [-0.39, 0.29) is 11.2 Å². The van der Waals surface area contributed by atoms with Gasteiger partial charge in [0.25, 0.3) is 0 Å². The smallest absolute Gasteiger partial charge is 0.189 e. The summed E-state index contributed by atoms with van der Waals surface area (Å²) in [6.07, 6.45) is 6.72. The van der Waals surface area contributed by atoms with Gasteiger partial charge in [-0.3, -0.25) is 4.98 Å². The van der Waals surface area contributed by atoms with Gasteiger partial charge in [-0.15, -0.1) is 0 Å². The Hall–Kier alpha value is -2.38. The second kappa shape index (κ2) is 8.64. The van der Waals surface area contributed by atoms with E-state index in [1.165, 1.54) is 4.68 Å². The van der Waals surface area contributed by atoms with E-state index in [0.717, 1.165) is 17.8 Å². The molecule has 2 heterocycles. The van der Waals surface area contributed by atoms with Gasteiger partial charge in [0.2, 0.25) is 0 Å². The fourth-order valence-corrected chi connectivity index (χ4v) is 2.59. The third kappa shape index (κ3) is 4.37. The summed E-state index contributed by atoms with van der Waals surface area (Å²) < 4.78 is 6.76. The molecule has 7 nitrogen and oxygen atoms in total. The van der Waals surface area contributed by atoms with E-state index in [9.17, 15) is 0 Å². The lowest BCUT2D eigenvalue weighted by atomic mass is 10.1. The predicted octanol–water partition coefficient (Wildman–Crippen LogP) is 2.43. The summed E-state index contributed by atoms with van der Waals surface area (Å²) in [6.45, 7) is 6.80. The number of rotatable bonds is 6. The maximum atomic E-state index is 6.26. The Morgan fingerprint density at radius 3 is 2.88 bits per heavy atom. The lowest BCUT2D eigenvalue weighted by Gasteiger charge is -2.15. The number of nitrogen functional groups attached to an aromatic ring is 1. The van der Waals surface area contributed by atoms with Crippen molar-refractivity contribution in [1.82, 2.24) is 20.0 Å². The molecular weight excluding hydrogens is 340 g/mol. The zero-order valence-electron chi connectivity index (χ0n) is 14.8. The van der Waals surface area contributed by atoms with Gasteiger partial charge in [-0.1, -0.05) is 24.6 Å². The van der Waals surface area contributed by atoms with Gasteiger partial charge in [0.05, 0.1) is 30.9 Å². The number of nitrogens with one attached hydrogen (secondary N) is 1. The van der Waals surface area contributed by atoms with Crippen molar-refractivity contribution in [1.29, 1.82) is 0 Å². The van der Waals surface area contributed by atoms with Crippen molar-refractivity contribution in [3.8, 4) is 17.0 Å². The lowest BCUT2D eigenvalue weighted by molar-refractivity contribution is 0.413. The van der Waals surface area contributed by atoms with Crippen LogP contribution in [0.4, 0.5) is 0 Å². The van der Waals surface area contributed by atoms with E-state index in [4.69, 9.17) is 22.2 Å². The Balaban J connectivity index is 2.59. The molecule has 0 aromatic carbocycles. The van der Waals surface area contributed by atoms with Crippen LogP contribution in [0, 0.1) is 0 Å². The quantitative estimate of drug-likeness (QED) is 0.770. The minimum atomic E-state index is 0.0964. The molecule has 2 rings (SSSR count). The van der Waals surface area contributed by atoms with E-state index >= 15 is 0 Å². The highest BCUT2D eigenvalue weighted by Gasteiger charge is 2.15. The molecule has 0 aliphatic heterocycles. The first-order chi connectivity index (χ1) is 12.0. The number of hydrogen-bond acceptors (Lipinski definition) is 6. The molecule has 134 valence electrons. The Bertz CT molecular complexity index is 804. The van der Waals surface area contributed by atoms with Crippen molar-refractivity contribution in [2.24, 2.45) is 4.99 Å². The van der Waals surface area contributed by atoms with Gasteiger partial charge >= 0.3 is 0 Å². The molecule has 0 amide bonds. The maximum Gasteiger partial charge on any atom is 0.189 e. The normalized spacial score (nSPS) is 13.4. The SMILES string of the molecule is C/C=C/N=c1/c(Cl)nc(-c2cc([C@@H](C)NCC)ncc2OC)cn1N. The van der Waals surface area contributed by atoms with Gasteiger partial charge in [0.15, 0.2) is 10.6 Å². The fourth-order valence-electron chi connectivity index (χ4n) is 2.35. The Morgan fingerprint density at radius 2 is 2.28 bits per heavy atom. The summed E-state index contributed by atoms with van der Waals surface area (Å²) >= 11 is 6.26. The third-order valence-corrected chi connectivity index (χ3v) is 3.85. The highest BCUT2D eigenvalue weighted by atomic mass is 35.5. The van der Waals surface area contributed by atoms with Crippen molar-refractivity contribution < 1.29 is 4.74 Å². The molecule has 25 heavy (non-hydrogen) atoms. The van der Waals surface area contributed by atoms with Gasteiger partial charge < -0.3 is 15.9 Å². The molecule has 0 unspecified atom stereocenters. The number of allylic oxidation sites excluding steroid dienone is 1. The van der Waals surface area contributed by atoms with Crippen molar-refractivity contribution in [3.05, 3.63) is 47.1 Å². The van der Waals surface area contributed by atoms with E-state index in [2.05, 4.69) is 20.3 Å². The molecule has 0 saturated carbocycles. The van der Waals surface area contributed by atoms with E-state index in [0.29, 0.717) is 16.9 Å². The summed E-state index contributed by atoms with van der Waals surface area (Å²) in [4.78, 5) is 13.0. The topological polar surface area (TPSA) is 90.4 Å². The Morgan fingerprint density at radius 1 is 1.52 bits per heavy atom. The Kier molecular flexibility index (Phi) is 6.55. The molecule has 2 aromatic rings. The van der Waals surface area contributed by atoms with E-state index < -0.39 is 0 Å². The maximum absolute atomic E-state index is 6.26. The number of halogens is 1. The van der Waals surface area contributed by atoms with Crippen LogP contribution in [0.3, 0.4) is 0 Å². The molecule has 0 fully saturated rings. The summed E-state index contributed by atoms with van der Waals surface area (Å²) in [6, 6.07) is 2.02. The van der Waals surface area contributed by atoms with Crippen LogP contribution in [0.2, 0.25) is 5.15 Å². The van der Waals surface area contributed by atoms with Crippen LogP contribution in [0.15, 0.2) is 35.7 Å². The molecule has 0 saturated heterocycles. The minimum Gasteiger partial charge on any atom is -0.494 e. The molecule has 3 N–H and O–H groups in total. The van der Waals surface area contributed by atoms with Gasteiger partial charge in [-0.25, -0.2) is 14.7 Å². The summed E-state index contributed by atoms with van der Waals surface area (Å²) in [5, 5.41) is 3.54. The van der Waals surface area contributed by atoms with E-state index in [1.54, 1.807) is 31.8 Å². The predicted molar refractivity (Wildman–Crippen MR) is 99.6 cm³/mol. The van der Waals surface area contributed by atoms with Crippen LogP contribution in [-0.4, -0.2) is 28.3 Å². The fraction of sp³-hybridized carbons (Fsp3) is 0.353. The molecular formula is C17H23ClN6O. The molecule has 2 aromatic heterocycles. The molecule has 0 radical (unpaired) electrons. The zero-order chi connectivity index (χ0) is 18.4. The number of nitrogens with two attached hydrogens (primary N) is 1. The first-order valence-corrected chi connectivity index (χ1v) is 8.36. The van der Waals surface area contributed by atoms with Crippen molar-refractivity contribution in [3.63, 3.8) is 0 Å². The highest BCUT2D eigenvalue weighted by Crippen LogP contribution is 2.29.